The lowest BCUT2D eigenvalue weighted by molar-refractivity contribution is -0.147. The molecule has 37 heavy (non-hydrogen) atoms. The van der Waals surface area contributed by atoms with Crippen molar-refractivity contribution in [2.24, 2.45) is 0 Å². The van der Waals surface area contributed by atoms with Gasteiger partial charge in [-0.3, -0.25) is 9.59 Å². The number of benzene rings is 2. The second kappa shape index (κ2) is 11.6. The Morgan fingerprint density at radius 1 is 0.973 bits per heavy atom. The van der Waals surface area contributed by atoms with Crippen LogP contribution in [-0.4, -0.2) is 56.8 Å². The van der Waals surface area contributed by atoms with E-state index in [-0.39, 0.29) is 5.75 Å². The van der Waals surface area contributed by atoms with Crippen molar-refractivity contribution in [3.05, 3.63) is 59.2 Å². The third-order valence-electron chi connectivity index (χ3n) is 5.55. The fourth-order valence-corrected chi connectivity index (χ4v) is 3.96. The Kier molecular flexibility index (Phi) is 9.33. The summed E-state index contributed by atoms with van der Waals surface area (Å²) in [4.78, 5) is 41.5. The Balaban J connectivity index is 2.57. The highest BCUT2D eigenvalue weighted by molar-refractivity contribution is 6.00. The molecule has 2 aromatic rings. The minimum atomic E-state index is -1.37. The van der Waals surface area contributed by atoms with Crippen molar-refractivity contribution in [3.8, 4) is 5.75 Å². The average Bonchev–Trinajstić information content (AvgIpc) is 2.75. The van der Waals surface area contributed by atoms with Gasteiger partial charge >= 0.3 is 6.09 Å². The molecule has 0 aromatic heterocycles. The number of alkyl carbamates (subject to hydrolysis) is 1. The Hall–Kier alpha value is -3.59. The van der Waals surface area contributed by atoms with Crippen LogP contribution in [-0.2, 0) is 14.3 Å². The molecule has 202 valence electrons. The first kappa shape index (κ1) is 29.6. The Morgan fingerprint density at radius 2 is 1.54 bits per heavy atom. The highest BCUT2D eigenvalue weighted by Crippen LogP contribution is 2.33. The first-order valence-corrected chi connectivity index (χ1v) is 12.1. The number of hydrogen-bond donors (Lipinski definition) is 4. The van der Waals surface area contributed by atoms with Crippen molar-refractivity contribution in [1.29, 1.82) is 0 Å². The first-order chi connectivity index (χ1) is 17.0. The zero-order valence-corrected chi connectivity index (χ0v) is 22.9. The predicted octanol–water partition coefficient (Wildman–Crippen LogP) is 4.20. The summed E-state index contributed by atoms with van der Waals surface area (Å²) in [5.74, 6) is -1.28. The van der Waals surface area contributed by atoms with Gasteiger partial charge in [-0.05, 0) is 84.2 Å². The molecule has 0 aliphatic carbocycles. The molecule has 2 atom stereocenters. The minimum Gasteiger partial charge on any atom is -0.508 e. The van der Waals surface area contributed by atoms with E-state index < -0.39 is 47.7 Å². The number of aromatic hydroxyl groups is 1. The van der Waals surface area contributed by atoms with Crippen molar-refractivity contribution in [2.75, 3.05) is 11.9 Å². The molecule has 0 fully saturated rings. The van der Waals surface area contributed by atoms with Crippen molar-refractivity contribution in [2.45, 2.75) is 78.6 Å². The number of anilines is 1. The number of nitrogens with zero attached hydrogens (tertiary/aromatic N) is 1. The summed E-state index contributed by atoms with van der Waals surface area (Å²) in [6.45, 7) is 13.3. The quantitative estimate of drug-likeness (QED) is 0.439. The Labute approximate surface area is 218 Å². The van der Waals surface area contributed by atoms with Gasteiger partial charge in [-0.1, -0.05) is 30.3 Å². The van der Waals surface area contributed by atoms with Crippen LogP contribution in [0.2, 0.25) is 0 Å². The zero-order chi connectivity index (χ0) is 28.1. The van der Waals surface area contributed by atoms with Crippen LogP contribution < -0.4 is 10.6 Å². The number of aryl methyl sites for hydroxylation is 2. The highest BCUT2D eigenvalue weighted by Gasteiger charge is 2.42. The number of aliphatic hydroxyl groups is 1. The number of carbonyl (C=O) groups excluding carboxylic acids is 3. The molecular weight excluding hydrogens is 474 g/mol. The van der Waals surface area contributed by atoms with Gasteiger partial charge in [-0.25, -0.2) is 4.79 Å². The monoisotopic (exact) mass is 513 g/mol. The minimum absolute atomic E-state index is 0.0748. The molecule has 0 bridgehead atoms. The second-order valence-corrected chi connectivity index (χ2v) is 11.0. The van der Waals surface area contributed by atoms with E-state index in [0.29, 0.717) is 11.3 Å². The fraction of sp³-hybridized carbons (Fsp3) is 0.464. The lowest BCUT2D eigenvalue weighted by Gasteiger charge is -2.43. The normalized spacial score (nSPS) is 13.3. The maximum Gasteiger partial charge on any atom is 0.408 e. The van der Waals surface area contributed by atoms with E-state index in [2.05, 4.69) is 10.6 Å². The largest absolute Gasteiger partial charge is 0.508 e. The number of phenolic OH excluding ortho intramolecular Hbond substituents is 1. The number of para-hydroxylation sites is 1. The molecular formula is C28H39N3O6. The van der Waals surface area contributed by atoms with Gasteiger partial charge in [0.1, 0.15) is 23.4 Å². The van der Waals surface area contributed by atoms with E-state index in [9.17, 15) is 24.6 Å². The molecule has 9 heteroatoms. The summed E-state index contributed by atoms with van der Waals surface area (Å²) in [5, 5.41) is 25.6. The molecule has 0 radical (unpaired) electrons. The van der Waals surface area contributed by atoms with E-state index in [1.54, 1.807) is 53.7 Å². The smallest absolute Gasteiger partial charge is 0.408 e. The number of aliphatic hydroxyl groups excluding tert-OH is 1. The van der Waals surface area contributed by atoms with Crippen LogP contribution in [0.4, 0.5) is 10.5 Å². The molecule has 0 heterocycles. The SMILES string of the molecule is Cc1cccc(C)c1NC(=O)C(c1cccc(O)c1)N(C(=O)C(CO)NC(=O)OC(C)(C)C)C(C)(C)C. The third-order valence-corrected chi connectivity index (χ3v) is 5.55. The number of rotatable bonds is 7. The fourth-order valence-electron chi connectivity index (χ4n) is 3.96. The maximum atomic E-state index is 13.9. The number of nitrogens with one attached hydrogen (secondary N) is 2. The third kappa shape index (κ3) is 7.95. The van der Waals surface area contributed by atoms with Gasteiger partial charge in [0.25, 0.3) is 5.91 Å². The van der Waals surface area contributed by atoms with Gasteiger partial charge in [0, 0.05) is 11.2 Å². The molecule has 2 rings (SSSR count). The number of hydrogen-bond acceptors (Lipinski definition) is 6. The number of ether oxygens (including phenoxy) is 1. The average molecular weight is 514 g/mol. The summed E-state index contributed by atoms with van der Waals surface area (Å²) in [7, 11) is 0. The summed E-state index contributed by atoms with van der Waals surface area (Å²) < 4.78 is 5.25. The van der Waals surface area contributed by atoms with Gasteiger partial charge < -0.3 is 30.5 Å². The lowest BCUT2D eigenvalue weighted by atomic mass is 9.95. The van der Waals surface area contributed by atoms with Crippen molar-refractivity contribution >= 4 is 23.6 Å². The summed E-state index contributed by atoms with van der Waals surface area (Å²) >= 11 is 0. The van der Waals surface area contributed by atoms with Crippen LogP contribution in [0.25, 0.3) is 0 Å². The topological polar surface area (TPSA) is 128 Å². The Bertz CT molecular complexity index is 1110. The van der Waals surface area contributed by atoms with Crippen molar-refractivity contribution in [1.82, 2.24) is 10.2 Å². The maximum absolute atomic E-state index is 13.9. The number of amides is 3. The molecule has 0 aliphatic rings. The van der Waals surface area contributed by atoms with E-state index in [4.69, 9.17) is 4.74 Å². The van der Waals surface area contributed by atoms with Crippen molar-refractivity contribution < 1.29 is 29.3 Å². The summed E-state index contributed by atoms with van der Waals surface area (Å²) in [6, 6.07) is 9.13. The van der Waals surface area contributed by atoms with Crippen molar-refractivity contribution in [3.63, 3.8) is 0 Å². The molecule has 2 unspecified atom stereocenters. The zero-order valence-electron chi connectivity index (χ0n) is 22.9. The van der Waals surface area contributed by atoms with Crippen LogP contribution in [0.5, 0.6) is 5.75 Å². The molecule has 3 amide bonds. The van der Waals surface area contributed by atoms with Gasteiger partial charge in [0.15, 0.2) is 0 Å². The molecule has 0 spiro atoms. The molecule has 9 nitrogen and oxygen atoms in total. The van der Waals surface area contributed by atoms with Gasteiger partial charge in [0.05, 0.1) is 6.61 Å². The second-order valence-electron chi connectivity index (χ2n) is 11.0. The van der Waals surface area contributed by atoms with E-state index in [1.807, 2.05) is 32.0 Å². The first-order valence-electron chi connectivity index (χ1n) is 12.1. The predicted molar refractivity (Wildman–Crippen MR) is 142 cm³/mol. The molecule has 0 saturated heterocycles. The standard InChI is InChI=1S/C28H39N3O6/c1-17-11-9-12-18(2)22(17)30-24(34)23(19-13-10-14-20(33)15-19)31(27(3,4)5)25(35)21(16-32)29-26(36)37-28(6,7)8/h9-15,21,23,32-33H,16H2,1-8H3,(H,29,36)(H,30,34). The van der Waals surface area contributed by atoms with E-state index in [0.717, 1.165) is 11.1 Å². The van der Waals surface area contributed by atoms with Crippen LogP contribution >= 0.6 is 0 Å². The van der Waals surface area contributed by atoms with Crippen LogP contribution in [0.15, 0.2) is 42.5 Å². The van der Waals surface area contributed by atoms with Gasteiger partial charge in [-0.15, -0.1) is 0 Å². The van der Waals surface area contributed by atoms with Gasteiger partial charge in [0.2, 0.25) is 5.91 Å². The lowest BCUT2D eigenvalue weighted by Crippen LogP contribution is -2.59. The van der Waals surface area contributed by atoms with Crippen LogP contribution in [0, 0.1) is 13.8 Å². The molecule has 0 aliphatic heterocycles. The van der Waals surface area contributed by atoms with E-state index in [1.165, 1.54) is 17.0 Å². The highest BCUT2D eigenvalue weighted by atomic mass is 16.6. The molecule has 0 saturated carbocycles. The Morgan fingerprint density at radius 3 is 2.03 bits per heavy atom. The molecule has 2 aromatic carbocycles. The number of carbonyl (C=O) groups is 3. The summed E-state index contributed by atoms with van der Waals surface area (Å²) in [6.07, 6.45) is -0.873. The van der Waals surface area contributed by atoms with E-state index >= 15 is 0 Å². The molecule has 4 N–H and O–H groups in total. The number of phenols is 1. The van der Waals surface area contributed by atoms with Crippen LogP contribution in [0.1, 0.15) is 64.3 Å². The van der Waals surface area contributed by atoms with Crippen LogP contribution in [0.3, 0.4) is 0 Å². The summed E-state index contributed by atoms with van der Waals surface area (Å²) in [5.41, 5.74) is 0.916. The van der Waals surface area contributed by atoms with Gasteiger partial charge in [-0.2, -0.15) is 0 Å².